The van der Waals surface area contributed by atoms with Gasteiger partial charge in [-0.25, -0.2) is 9.97 Å². The molecule has 0 bridgehead atoms. The fraction of sp³-hybridized carbons (Fsp3) is 0.455. The highest BCUT2D eigenvalue weighted by molar-refractivity contribution is 5.75. The zero-order valence-electron chi connectivity index (χ0n) is 8.83. The minimum atomic E-state index is 0.509. The van der Waals surface area contributed by atoms with Crippen LogP contribution in [0.5, 0.6) is 0 Å². The van der Waals surface area contributed by atoms with Crippen molar-refractivity contribution in [2.75, 3.05) is 0 Å². The Morgan fingerprint density at radius 2 is 2.21 bits per heavy atom. The molecule has 0 radical (unpaired) electrons. The van der Waals surface area contributed by atoms with Crippen molar-refractivity contribution in [3.05, 3.63) is 23.8 Å². The fourth-order valence-electron chi connectivity index (χ4n) is 1.46. The van der Waals surface area contributed by atoms with E-state index in [-0.39, 0.29) is 0 Å². The lowest BCUT2D eigenvalue weighted by Gasteiger charge is -1.97. The zero-order chi connectivity index (χ0) is 10.1. The first-order chi connectivity index (χ1) is 6.70. The normalized spacial score (nSPS) is 11.4. The SMILES string of the molecule is CCc1ncc2[nH]c(C(C)C)cc2n1. The second-order valence-electron chi connectivity index (χ2n) is 3.82. The summed E-state index contributed by atoms with van der Waals surface area (Å²) in [4.78, 5) is 12.0. The molecule has 0 aromatic carbocycles. The first kappa shape index (κ1) is 9.19. The summed E-state index contributed by atoms with van der Waals surface area (Å²) < 4.78 is 0. The standard InChI is InChI=1S/C11H15N3/c1-4-11-12-6-10-9(14-11)5-8(13-10)7(2)3/h5-7,13H,4H2,1-3H3. The van der Waals surface area contributed by atoms with Crippen LogP contribution in [0.15, 0.2) is 12.3 Å². The second kappa shape index (κ2) is 3.40. The van der Waals surface area contributed by atoms with E-state index in [1.54, 1.807) is 0 Å². The van der Waals surface area contributed by atoms with Gasteiger partial charge in [-0.05, 0) is 12.0 Å². The van der Waals surface area contributed by atoms with Gasteiger partial charge >= 0.3 is 0 Å². The number of nitrogens with one attached hydrogen (secondary N) is 1. The summed E-state index contributed by atoms with van der Waals surface area (Å²) in [5.41, 5.74) is 3.29. The predicted octanol–water partition coefficient (Wildman–Crippen LogP) is 2.64. The van der Waals surface area contributed by atoms with Gasteiger partial charge < -0.3 is 4.98 Å². The maximum atomic E-state index is 4.45. The van der Waals surface area contributed by atoms with Gasteiger partial charge in [-0.2, -0.15) is 0 Å². The molecule has 2 rings (SSSR count). The predicted molar refractivity (Wildman–Crippen MR) is 57.4 cm³/mol. The van der Waals surface area contributed by atoms with Crippen LogP contribution in [-0.4, -0.2) is 15.0 Å². The molecule has 2 aromatic rings. The van der Waals surface area contributed by atoms with Gasteiger partial charge in [0.25, 0.3) is 0 Å². The molecule has 0 saturated carbocycles. The maximum absolute atomic E-state index is 4.45. The van der Waals surface area contributed by atoms with Crippen LogP contribution in [-0.2, 0) is 6.42 Å². The molecule has 0 fully saturated rings. The van der Waals surface area contributed by atoms with Gasteiger partial charge in [-0.1, -0.05) is 20.8 Å². The van der Waals surface area contributed by atoms with E-state index in [1.807, 2.05) is 6.20 Å². The smallest absolute Gasteiger partial charge is 0.128 e. The number of rotatable bonds is 2. The number of aromatic nitrogens is 3. The average Bonchev–Trinajstić information content (AvgIpc) is 2.59. The highest BCUT2D eigenvalue weighted by atomic mass is 14.9. The molecular weight excluding hydrogens is 174 g/mol. The Morgan fingerprint density at radius 1 is 1.43 bits per heavy atom. The maximum Gasteiger partial charge on any atom is 0.128 e. The molecule has 3 nitrogen and oxygen atoms in total. The third-order valence-corrected chi connectivity index (χ3v) is 2.38. The van der Waals surface area contributed by atoms with Crippen molar-refractivity contribution in [1.82, 2.24) is 15.0 Å². The number of aromatic amines is 1. The first-order valence-electron chi connectivity index (χ1n) is 5.05. The lowest BCUT2D eigenvalue weighted by molar-refractivity contribution is 0.836. The van der Waals surface area contributed by atoms with Gasteiger partial charge in [0.2, 0.25) is 0 Å². The zero-order valence-corrected chi connectivity index (χ0v) is 8.83. The van der Waals surface area contributed by atoms with Crippen molar-refractivity contribution in [3.63, 3.8) is 0 Å². The molecule has 0 amide bonds. The van der Waals surface area contributed by atoms with Crippen molar-refractivity contribution >= 4 is 11.0 Å². The van der Waals surface area contributed by atoms with Gasteiger partial charge in [0, 0.05) is 12.1 Å². The highest BCUT2D eigenvalue weighted by Crippen LogP contribution is 2.18. The Morgan fingerprint density at radius 3 is 2.86 bits per heavy atom. The van der Waals surface area contributed by atoms with E-state index in [1.165, 1.54) is 5.69 Å². The molecule has 1 N–H and O–H groups in total. The van der Waals surface area contributed by atoms with E-state index in [0.717, 1.165) is 23.3 Å². The molecule has 0 aliphatic carbocycles. The summed E-state index contributed by atoms with van der Waals surface area (Å²) in [7, 11) is 0. The number of hydrogen-bond donors (Lipinski definition) is 1. The molecule has 0 saturated heterocycles. The Labute approximate surface area is 83.6 Å². The average molecular weight is 189 g/mol. The molecule has 0 unspecified atom stereocenters. The Hall–Kier alpha value is -1.38. The third-order valence-electron chi connectivity index (χ3n) is 2.38. The molecule has 2 heterocycles. The van der Waals surface area contributed by atoms with Gasteiger partial charge in [0.05, 0.1) is 17.2 Å². The lowest BCUT2D eigenvalue weighted by Crippen LogP contribution is -1.90. The van der Waals surface area contributed by atoms with Crippen molar-refractivity contribution in [1.29, 1.82) is 0 Å². The van der Waals surface area contributed by atoms with Crippen molar-refractivity contribution in [2.45, 2.75) is 33.1 Å². The molecule has 0 aliphatic heterocycles. The van der Waals surface area contributed by atoms with Gasteiger partial charge in [-0.15, -0.1) is 0 Å². The summed E-state index contributed by atoms with van der Waals surface area (Å²) in [6.45, 7) is 6.40. The van der Waals surface area contributed by atoms with Crippen LogP contribution < -0.4 is 0 Å². The molecule has 3 heteroatoms. The Kier molecular flexibility index (Phi) is 2.23. The molecule has 0 atom stereocenters. The monoisotopic (exact) mass is 189 g/mol. The van der Waals surface area contributed by atoms with E-state index in [9.17, 15) is 0 Å². The van der Waals surface area contributed by atoms with E-state index in [0.29, 0.717) is 5.92 Å². The first-order valence-corrected chi connectivity index (χ1v) is 5.05. The Bertz CT molecular complexity index is 443. The molecule has 0 spiro atoms. The summed E-state index contributed by atoms with van der Waals surface area (Å²) in [5.74, 6) is 1.42. The summed E-state index contributed by atoms with van der Waals surface area (Å²) >= 11 is 0. The van der Waals surface area contributed by atoms with Crippen LogP contribution in [0.25, 0.3) is 11.0 Å². The summed E-state index contributed by atoms with van der Waals surface area (Å²) in [6.07, 6.45) is 2.76. The van der Waals surface area contributed by atoms with Gasteiger partial charge in [0.15, 0.2) is 0 Å². The van der Waals surface area contributed by atoms with E-state index >= 15 is 0 Å². The number of H-pyrrole nitrogens is 1. The van der Waals surface area contributed by atoms with Crippen LogP contribution in [0, 0.1) is 0 Å². The van der Waals surface area contributed by atoms with E-state index in [2.05, 4.69) is 41.8 Å². The van der Waals surface area contributed by atoms with Gasteiger partial charge in [-0.3, -0.25) is 0 Å². The quantitative estimate of drug-likeness (QED) is 0.789. The highest BCUT2D eigenvalue weighted by Gasteiger charge is 2.05. The van der Waals surface area contributed by atoms with Crippen molar-refractivity contribution < 1.29 is 0 Å². The number of fused-ring (bicyclic) bond motifs is 1. The van der Waals surface area contributed by atoms with Gasteiger partial charge in [0.1, 0.15) is 5.82 Å². The van der Waals surface area contributed by atoms with Crippen LogP contribution in [0.3, 0.4) is 0 Å². The lowest BCUT2D eigenvalue weighted by atomic mass is 10.1. The largest absolute Gasteiger partial charge is 0.356 e. The summed E-state index contributed by atoms with van der Waals surface area (Å²) in [5, 5.41) is 0. The van der Waals surface area contributed by atoms with Crippen LogP contribution in [0.4, 0.5) is 0 Å². The van der Waals surface area contributed by atoms with E-state index < -0.39 is 0 Å². The molecule has 0 aliphatic rings. The number of nitrogens with zero attached hydrogens (tertiary/aromatic N) is 2. The molecule has 2 aromatic heterocycles. The number of aryl methyl sites for hydroxylation is 1. The fourth-order valence-corrected chi connectivity index (χ4v) is 1.46. The van der Waals surface area contributed by atoms with E-state index in [4.69, 9.17) is 0 Å². The Balaban J connectivity index is 2.54. The van der Waals surface area contributed by atoms with Crippen molar-refractivity contribution in [3.8, 4) is 0 Å². The molecule has 74 valence electrons. The minimum Gasteiger partial charge on any atom is -0.356 e. The second-order valence-corrected chi connectivity index (χ2v) is 3.82. The summed E-state index contributed by atoms with van der Waals surface area (Å²) in [6, 6.07) is 2.11. The minimum absolute atomic E-state index is 0.509. The topological polar surface area (TPSA) is 41.6 Å². The van der Waals surface area contributed by atoms with Crippen molar-refractivity contribution in [2.24, 2.45) is 0 Å². The molecule has 14 heavy (non-hydrogen) atoms. The molecular formula is C11H15N3. The van der Waals surface area contributed by atoms with Crippen LogP contribution >= 0.6 is 0 Å². The third kappa shape index (κ3) is 1.50. The van der Waals surface area contributed by atoms with Crippen LogP contribution in [0.1, 0.15) is 38.2 Å². The number of hydrogen-bond acceptors (Lipinski definition) is 2. The van der Waals surface area contributed by atoms with Crippen LogP contribution in [0.2, 0.25) is 0 Å².